The smallest absolute Gasteiger partial charge is 0.248 e. The standard InChI is InChI=1S/C15H20N2O4S2/c1-2-3-7-11-16-22(18,19)15-10-12-17(13-15)23(20,21)14-8-5-4-6-9-14/h4-6,8-10,12-13,16H,2-3,7,11H2,1H3. The van der Waals surface area contributed by atoms with Gasteiger partial charge in [0.15, 0.2) is 0 Å². The molecule has 0 aliphatic rings. The summed E-state index contributed by atoms with van der Waals surface area (Å²) in [5.41, 5.74) is 0. The van der Waals surface area contributed by atoms with E-state index in [1.807, 2.05) is 6.92 Å². The highest BCUT2D eigenvalue weighted by atomic mass is 32.2. The third-order valence-corrected chi connectivity index (χ3v) is 6.44. The fourth-order valence-corrected chi connectivity index (χ4v) is 4.40. The zero-order chi connectivity index (χ0) is 16.9. The van der Waals surface area contributed by atoms with E-state index in [0.717, 1.165) is 29.4 Å². The minimum absolute atomic E-state index is 0.0616. The third kappa shape index (κ3) is 4.21. The van der Waals surface area contributed by atoms with Crippen LogP contribution in [0.25, 0.3) is 0 Å². The van der Waals surface area contributed by atoms with Crippen molar-refractivity contribution in [1.82, 2.24) is 8.69 Å². The highest BCUT2D eigenvalue weighted by Crippen LogP contribution is 2.17. The first-order chi connectivity index (χ1) is 10.9. The van der Waals surface area contributed by atoms with E-state index in [-0.39, 0.29) is 9.79 Å². The molecule has 0 radical (unpaired) electrons. The molecule has 126 valence electrons. The van der Waals surface area contributed by atoms with Gasteiger partial charge in [0.2, 0.25) is 10.0 Å². The summed E-state index contributed by atoms with van der Waals surface area (Å²) in [6.07, 6.45) is 5.03. The summed E-state index contributed by atoms with van der Waals surface area (Å²) in [4.78, 5) is 0.0453. The second kappa shape index (κ2) is 7.29. The van der Waals surface area contributed by atoms with Crippen LogP contribution < -0.4 is 4.72 Å². The van der Waals surface area contributed by atoms with Gasteiger partial charge in [-0.1, -0.05) is 38.0 Å². The number of sulfonamides is 1. The molecule has 0 bridgehead atoms. The lowest BCUT2D eigenvalue weighted by Gasteiger charge is -2.06. The van der Waals surface area contributed by atoms with Crippen LogP contribution in [0.5, 0.6) is 0 Å². The van der Waals surface area contributed by atoms with E-state index in [1.54, 1.807) is 18.2 Å². The first kappa shape index (κ1) is 17.7. The van der Waals surface area contributed by atoms with Gasteiger partial charge >= 0.3 is 0 Å². The van der Waals surface area contributed by atoms with Crippen molar-refractivity contribution in [3.63, 3.8) is 0 Å². The predicted octanol–water partition coefficient (Wildman–Crippen LogP) is 2.19. The number of aromatic nitrogens is 1. The minimum atomic E-state index is -3.78. The van der Waals surface area contributed by atoms with Gasteiger partial charge in [-0.15, -0.1) is 0 Å². The van der Waals surface area contributed by atoms with E-state index in [2.05, 4.69) is 4.72 Å². The summed E-state index contributed by atoms with van der Waals surface area (Å²) < 4.78 is 52.5. The van der Waals surface area contributed by atoms with Crippen molar-refractivity contribution >= 4 is 20.0 Å². The van der Waals surface area contributed by atoms with Crippen molar-refractivity contribution in [2.24, 2.45) is 0 Å². The van der Waals surface area contributed by atoms with Crippen LogP contribution in [0.2, 0.25) is 0 Å². The molecule has 1 aromatic carbocycles. The Hall–Kier alpha value is -1.64. The molecule has 0 saturated heterocycles. The van der Waals surface area contributed by atoms with Crippen molar-refractivity contribution in [2.45, 2.75) is 36.0 Å². The molecular formula is C15H20N2O4S2. The molecular weight excluding hydrogens is 336 g/mol. The lowest BCUT2D eigenvalue weighted by atomic mass is 10.3. The molecule has 0 fully saturated rings. The number of hydrogen-bond acceptors (Lipinski definition) is 4. The molecule has 1 N–H and O–H groups in total. The van der Waals surface area contributed by atoms with E-state index in [1.165, 1.54) is 24.4 Å². The van der Waals surface area contributed by atoms with E-state index in [9.17, 15) is 16.8 Å². The Morgan fingerprint density at radius 1 is 0.957 bits per heavy atom. The summed E-state index contributed by atoms with van der Waals surface area (Å²) in [5.74, 6) is 0. The van der Waals surface area contributed by atoms with Crippen LogP contribution >= 0.6 is 0 Å². The first-order valence-electron chi connectivity index (χ1n) is 7.36. The molecule has 6 nitrogen and oxygen atoms in total. The van der Waals surface area contributed by atoms with Crippen LogP contribution in [-0.4, -0.2) is 27.4 Å². The third-order valence-electron chi connectivity index (χ3n) is 3.34. The normalized spacial score (nSPS) is 12.4. The van der Waals surface area contributed by atoms with Gasteiger partial charge in [0.25, 0.3) is 10.0 Å². The molecule has 0 atom stereocenters. The fraction of sp³-hybridized carbons (Fsp3) is 0.333. The Morgan fingerprint density at radius 2 is 1.65 bits per heavy atom. The van der Waals surface area contributed by atoms with Gasteiger partial charge in [-0.3, -0.25) is 0 Å². The number of hydrogen-bond donors (Lipinski definition) is 1. The Balaban J connectivity index is 2.20. The maximum atomic E-state index is 12.4. The summed E-state index contributed by atoms with van der Waals surface area (Å²) >= 11 is 0. The number of rotatable bonds is 8. The van der Waals surface area contributed by atoms with Gasteiger partial charge < -0.3 is 0 Å². The van der Waals surface area contributed by atoms with Crippen molar-refractivity contribution < 1.29 is 16.8 Å². The maximum Gasteiger partial charge on any atom is 0.267 e. The van der Waals surface area contributed by atoms with Crippen molar-refractivity contribution in [3.8, 4) is 0 Å². The van der Waals surface area contributed by atoms with Crippen molar-refractivity contribution in [3.05, 3.63) is 48.8 Å². The molecule has 0 unspecified atom stereocenters. The average Bonchev–Trinajstić information content (AvgIpc) is 3.04. The van der Waals surface area contributed by atoms with Gasteiger partial charge in [-0.25, -0.2) is 25.5 Å². The van der Waals surface area contributed by atoms with E-state index in [4.69, 9.17) is 0 Å². The van der Waals surface area contributed by atoms with Crippen LogP contribution in [0.4, 0.5) is 0 Å². The minimum Gasteiger partial charge on any atom is -0.248 e. The topological polar surface area (TPSA) is 85.2 Å². The van der Waals surface area contributed by atoms with E-state index in [0.29, 0.717) is 6.54 Å². The van der Waals surface area contributed by atoms with Gasteiger partial charge in [0.1, 0.15) is 4.90 Å². The number of unbranched alkanes of at least 4 members (excludes halogenated alkanes) is 2. The molecule has 0 aliphatic carbocycles. The molecule has 0 amide bonds. The second-order valence-corrected chi connectivity index (χ2v) is 8.71. The summed E-state index contributed by atoms with van der Waals surface area (Å²) in [7, 11) is -7.48. The number of benzene rings is 1. The molecule has 0 aliphatic heterocycles. The Kier molecular flexibility index (Phi) is 5.61. The molecule has 0 spiro atoms. The second-order valence-electron chi connectivity index (χ2n) is 5.10. The highest BCUT2D eigenvalue weighted by Gasteiger charge is 2.20. The van der Waals surface area contributed by atoms with Gasteiger partial charge in [-0.2, -0.15) is 0 Å². The molecule has 8 heteroatoms. The summed E-state index contributed by atoms with van der Waals surface area (Å²) in [6, 6.07) is 9.15. The van der Waals surface area contributed by atoms with Crippen LogP contribution in [0.1, 0.15) is 26.2 Å². The van der Waals surface area contributed by atoms with Gasteiger partial charge in [0.05, 0.1) is 4.90 Å². The summed E-state index contributed by atoms with van der Waals surface area (Å²) in [6.45, 7) is 2.37. The van der Waals surface area contributed by atoms with E-state index >= 15 is 0 Å². The lowest BCUT2D eigenvalue weighted by Crippen LogP contribution is -2.24. The Morgan fingerprint density at radius 3 is 2.30 bits per heavy atom. The summed E-state index contributed by atoms with van der Waals surface area (Å²) in [5, 5.41) is 0. The zero-order valence-corrected chi connectivity index (χ0v) is 14.5. The van der Waals surface area contributed by atoms with E-state index < -0.39 is 20.0 Å². The van der Waals surface area contributed by atoms with Crippen LogP contribution in [0, 0.1) is 0 Å². The molecule has 23 heavy (non-hydrogen) atoms. The quantitative estimate of drug-likeness (QED) is 0.735. The SMILES string of the molecule is CCCCCNS(=O)(=O)c1ccn(S(=O)(=O)c2ccccc2)c1. The molecule has 2 aromatic rings. The predicted molar refractivity (Wildman–Crippen MR) is 88.2 cm³/mol. The van der Waals surface area contributed by atoms with Crippen LogP contribution in [-0.2, 0) is 20.0 Å². The lowest BCUT2D eigenvalue weighted by molar-refractivity contribution is 0.576. The molecule has 2 rings (SSSR count). The molecule has 1 aromatic heterocycles. The Labute approximate surface area is 137 Å². The van der Waals surface area contributed by atoms with Crippen molar-refractivity contribution in [1.29, 1.82) is 0 Å². The average molecular weight is 356 g/mol. The van der Waals surface area contributed by atoms with Crippen LogP contribution in [0.15, 0.2) is 58.6 Å². The van der Waals surface area contributed by atoms with Crippen LogP contribution in [0.3, 0.4) is 0 Å². The monoisotopic (exact) mass is 356 g/mol. The zero-order valence-electron chi connectivity index (χ0n) is 12.8. The molecule has 1 heterocycles. The maximum absolute atomic E-state index is 12.4. The number of nitrogens with zero attached hydrogens (tertiary/aromatic N) is 1. The number of nitrogens with one attached hydrogen (secondary N) is 1. The highest BCUT2D eigenvalue weighted by molar-refractivity contribution is 7.90. The van der Waals surface area contributed by atoms with Gasteiger partial charge in [-0.05, 0) is 24.6 Å². The fourth-order valence-electron chi connectivity index (χ4n) is 2.05. The van der Waals surface area contributed by atoms with Gasteiger partial charge in [0, 0.05) is 18.9 Å². The first-order valence-corrected chi connectivity index (χ1v) is 10.3. The Bertz CT molecular complexity index is 841. The molecule has 0 saturated carbocycles. The largest absolute Gasteiger partial charge is 0.267 e. The van der Waals surface area contributed by atoms with Crippen molar-refractivity contribution in [2.75, 3.05) is 6.54 Å².